The number of aromatic nitrogens is 1. The minimum Gasteiger partial charge on any atom is -0.493 e. The predicted molar refractivity (Wildman–Crippen MR) is 131 cm³/mol. The number of aryl methyl sites for hydroxylation is 1. The second-order valence-electron chi connectivity index (χ2n) is 9.30. The van der Waals surface area contributed by atoms with E-state index in [2.05, 4.69) is 6.07 Å². The first kappa shape index (κ1) is 21.1. The molecule has 3 aromatic carbocycles. The molecule has 2 aliphatic rings. The zero-order valence-electron chi connectivity index (χ0n) is 19.4. The normalized spacial score (nSPS) is 14.9. The molecule has 0 spiro atoms. The van der Waals surface area contributed by atoms with Crippen LogP contribution in [0.5, 0.6) is 5.75 Å². The molecule has 4 aromatic rings. The lowest BCUT2D eigenvalue weighted by atomic mass is 9.86. The molecule has 2 heterocycles. The van der Waals surface area contributed by atoms with Crippen LogP contribution in [0.4, 0.5) is 4.39 Å². The Morgan fingerprint density at radius 1 is 1.21 bits per heavy atom. The summed E-state index contributed by atoms with van der Waals surface area (Å²) in [5.74, 6) is 0.660. The molecule has 1 aliphatic carbocycles. The zero-order valence-corrected chi connectivity index (χ0v) is 19.4. The Morgan fingerprint density at radius 3 is 2.85 bits per heavy atom. The van der Waals surface area contributed by atoms with Gasteiger partial charge in [-0.2, -0.15) is 0 Å². The van der Waals surface area contributed by atoms with Crippen molar-refractivity contribution in [2.24, 2.45) is 0 Å². The summed E-state index contributed by atoms with van der Waals surface area (Å²) in [6, 6.07) is 11.7. The Bertz CT molecular complexity index is 1460. The number of benzene rings is 3. The molecule has 0 N–H and O–H groups in total. The Kier molecular flexibility index (Phi) is 5.01. The van der Waals surface area contributed by atoms with E-state index in [1.54, 1.807) is 13.0 Å². The van der Waals surface area contributed by atoms with E-state index in [0.29, 0.717) is 19.1 Å². The highest BCUT2D eigenvalue weighted by Crippen LogP contribution is 2.46. The third-order valence-corrected chi connectivity index (χ3v) is 7.07. The number of nitrogens with zero attached hydrogens (tertiary/aromatic N) is 1. The molecule has 1 aromatic heterocycles. The molecule has 0 atom stereocenters. The summed E-state index contributed by atoms with van der Waals surface area (Å²) >= 11 is 0. The zero-order chi connectivity index (χ0) is 23.4. The standard InChI is InChI=1S/C29H26FNO3/c1-3-33-26(32)15-21-16(2)12-19-13-22(17-4-5-17)24(30)14-23(19)28(21)20-6-7-25-27-18(9-11-34-25)8-10-31-29(20)27/h6-8,10,12-14,17H,3-5,9,11,15H2,1-2H3. The average molecular weight is 456 g/mol. The van der Waals surface area contributed by atoms with Gasteiger partial charge in [0.25, 0.3) is 0 Å². The van der Waals surface area contributed by atoms with Gasteiger partial charge in [0.1, 0.15) is 11.6 Å². The summed E-state index contributed by atoms with van der Waals surface area (Å²) in [5.41, 5.74) is 6.38. The van der Waals surface area contributed by atoms with Gasteiger partial charge in [-0.3, -0.25) is 9.78 Å². The van der Waals surface area contributed by atoms with Crippen LogP contribution in [0.3, 0.4) is 0 Å². The maximum absolute atomic E-state index is 15.3. The van der Waals surface area contributed by atoms with E-state index >= 15 is 4.39 Å². The Labute approximate surface area is 197 Å². The van der Waals surface area contributed by atoms with Gasteiger partial charge in [-0.1, -0.05) is 6.07 Å². The highest BCUT2D eigenvalue weighted by molar-refractivity contribution is 6.08. The van der Waals surface area contributed by atoms with Crippen molar-refractivity contribution in [1.82, 2.24) is 4.98 Å². The van der Waals surface area contributed by atoms with E-state index in [0.717, 1.165) is 74.5 Å². The van der Waals surface area contributed by atoms with Crippen molar-refractivity contribution in [3.8, 4) is 16.9 Å². The van der Waals surface area contributed by atoms with Crippen LogP contribution in [0.15, 0.2) is 42.6 Å². The van der Waals surface area contributed by atoms with Crippen LogP contribution in [0.2, 0.25) is 0 Å². The number of halogens is 1. The molecule has 0 saturated heterocycles. The topological polar surface area (TPSA) is 48.4 Å². The lowest BCUT2D eigenvalue weighted by Gasteiger charge is -2.22. The first-order valence-corrected chi connectivity index (χ1v) is 12.0. The molecule has 0 amide bonds. The highest BCUT2D eigenvalue weighted by atomic mass is 19.1. The summed E-state index contributed by atoms with van der Waals surface area (Å²) < 4.78 is 26.5. The third kappa shape index (κ3) is 3.42. The smallest absolute Gasteiger partial charge is 0.310 e. The molecule has 1 fully saturated rings. The Hall–Kier alpha value is -3.47. The fourth-order valence-corrected chi connectivity index (χ4v) is 5.33. The predicted octanol–water partition coefficient (Wildman–Crippen LogP) is 6.42. The number of carbonyl (C=O) groups is 1. The van der Waals surface area contributed by atoms with E-state index < -0.39 is 0 Å². The Balaban J connectivity index is 1.68. The van der Waals surface area contributed by atoms with Crippen LogP contribution in [0.25, 0.3) is 32.8 Å². The third-order valence-electron chi connectivity index (χ3n) is 7.07. The number of pyridine rings is 1. The van der Waals surface area contributed by atoms with Gasteiger partial charge >= 0.3 is 5.97 Å². The maximum atomic E-state index is 15.3. The van der Waals surface area contributed by atoms with Gasteiger partial charge in [0.15, 0.2) is 0 Å². The Morgan fingerprint density at radius 2 is 2.06 bits per heavy atom. The molecule has 6 rings (SSSR count). The summed E-state index contributed by atoms with van der Waals surface area (Å²) in [5, 5.41) is 2.78. The largest absolute Gasteiger partial charge is 0.493 e. The fourth-order valence-electron chi connectivity index (χ4n) is 5.33. The number of hydrogen-bond donors (Lipinski definition) is 0. The molecule has 34 heavy (non-hydrogen) atoms. The van der Waals surface area contributed by atoms with Gasteiger partial charge in [0.2, 0.25) is 0 Å². The van der Waals surface area contributed by atoms with Crippen LogP contribution in [0, 0.1) is 12.7 Å². The summed E-state index contributed by atoms with van der Waals surface area (Å²) in [4.78, 5) is 17.3. The molecule has 0 unspecified atom stereocenters. The number of fused-ring (bicyclic) bond motifs is 1. The number of carbonyl (C=O) groups excluding carboxylic acids is 1. The molecule has 0 radical (unpaired) electrons. The van der Waals surface area contributed by atoms with E-state index in [-0.39, 0.29) is 18.2 Å². The molecule has 0 bridgehead atoms. The quantitative estimate of drug-likeness (QED) is 0.326. The first-order valence-electron chi connectivity index (χ1n) is 12.0. The fraction of sp³-hybridized carbons (Fsp3) is 0.310. The van der Waals surface area contributed by atoms with Crippen molar-refractivity contribution < 1.29 is 18.7 Å². The van der Waals surface area contributed by atoms with E-state index in [9.17, 15) is 4.79 Å². The lowest BCUT2D eigenvalue weighted by molar-refractivity contribution is -0.142. The average Bonchev–Trinajstić information content (AvgIpc) is 3.66. The van der Waals surface area contributed by atoms with Crippen molar-refractivity contribution in [2.75, 3.05) is 13.2 Å². The van der Waals surface area contributed by atoms with Gasteiger partial charge in [-0.25, -0.2) is 4.39 Å². The minimum atomic E-state index is -0.291. The van der Waals surface area contributed by atoms with E-state index in [1.165, 1.54) is 5.56 Å². The molecule has 5 heteroatoms. The van der Waals surface area contributed by atoms with Gasteiger partial charge in [-0.15, -0.1) is 0 Å². The van der Waals surface area contributed by atoms with Gasteiger partial charge in [0.05, 0.1) is 25.2 Å². The minimum absolute atomic E-state index is 0.121. The van der Waals surface area contributed by atoms with Crippen molar-refractivity contribution in [1.29, 1.82) is 0 Å². The van der Waals surface area contributed by atoms with Crippen LogP contribution in [-0.4, -0.2) is 24.2 Å². The van der Waals surface area contributed by atoms with Crippen LogP contribution in [-0.2, 0) is 22.4 Å². The second-order valence-corrected chi connectivity index (χ2v) is 9.30. The number of hydrogen-bond acceptors (Lipinski definition) is 4. The summed E-state index contributed by atoms with van der Waals surface area (Å²) in [6.45, 7) is 4.78. The van der Waals surface area contributed by atoms with Crippen molar-refractivity contribution in [3.05, 3.63) is 70.7 Å². The van der Waals surface area contributed by atoms with Crippen molar-refractivity contribution >= 4 is 27.6 Å². The van der Waals surface area contributed by atoms with Crippen LogP contribution in [0.1, 0.15) is 47.9 Å². The molecule has 1 aliphatic heterocycles. The van der Waals surface area contributed by atoms with Gasteiger partial charge in [-0.05, 0) is 102 Å². The second kappa shape index (κ2) is 8.08. The van der Waals surface area contributed by atoms with Crippen molar-refractivity contribution in [3.63, 3.8) is 0 Å². The molecular formula is C29H26FNO3. The SMILES string of the molecule is CCOC(=O)Cc1c(C)cc2cc(C3CC3)c(F)cc2c1-c1ccc2c3c(ccnc13)CCO2. The maximum Gasteiger partial charge on any atom is 0.310 e. The monoisotopic (exact) mass is 455 g/mol. The van der Waals surface area contributed by atoms with Gasteiger partial charge in [0, 0.05) is 23.6 Å². The van der Waals surface area contributed by atoms with E-state index in [4.69, 9.17) is 14.5 Å². The molecule has 4 nitrogen and oxygen atoms in total. The first-order chi connectivity index (χ1) is 16.5. The van der Waals surface area contributed by atoms with Crippen LogP contribution >= 0.6 is 0 Å². The molecule has 1 saturated carbocycles. The van der Waals surface area contributed by atoms with Crippen LogP contribution < -0.4 is 4.74 Å². The number of esters is 1. The van der Waals surface area contributed by atoms with Crippen molar-refractivity contribution in [2.45, 2.75) is 45.4 Å². The number of rotatable bonds is 5. The van der Waals surface area contributed by atoms with Gasteiger partial charge < -0.3 is 9.47 Å². The summed E-state index contributed by atoms with van der Waals surface area (Å²) in [6.07, 6.45) is 4.84. The van der Waals surface area contributed by atoms with E-state index in [1.807, 2.05) is 37.4 Å². The molecule has 172 valence electrons. The lowest BCUT2D eigenvalue weighted by Crippen LogP contribution is -2.11. The number of ether oxygens (including phenoxy) is 2. The highest BCUT2D eigenvalue weighted by Gasteiger charge is 2.28. The summed E-state index contributed by atoms with van der Waals surface area (Å²) in [7, 11) is 0. The molecular weight excluding hydrogens is 429 g/mol.